The molecule has 0 aliphatic heterocycles. The van der Waals surface area contributed by atoms with Crippen LogP contribution in [0.25, 0.3) is 0 Å². The topological polar surface area (TPSA) is 26.3 Å². The van der Waals surface area contributed by atoms with E-state index in [4.69, 9.17) is 0 Å². The van der Waals surface area contributed by atoms with Crippen molar-refractivity contribution in [1.29, 1.82) is 0 Å². The minimum absolute atomic E-state index is 0.165. The van der Waals surface area contributed by atoms with E-state index < -0.39 is 20.4 Å². The molecule has 0 fully saturated rings. The van der Waals surface area contributed by atoms with Crippen molar-refractivity contribution in [3.63, 3.8) is 0 Å². The third-order valence-corrected chi connectivity index (χ3v) is 6.84. The van der Waals surface area contributed by atoms with Crippen molar-refractivity contribution in [3.05, 3.63) is 43.3 Å². The van der Waals surface area contributed by atoms with Crippen LogP contribution in [0.5, 0.6) is 0 Å². The summed E-state index contributed by atoms with van der Waals surface area (Å²) in [5.41, 5.74) is 1.08. The summed E-state index contributed by atoms with van der Waals surface area (Å²) in [5.74, 6) is -0.477. The average molecular weight is 452 g/mol. The van der Waals surface area contributed by atoms with Crippen molar-refractivity contribution in [2.45, 2.75) is 58.3 Å². The molecule has 5 heteroatoms. The van der Waals surface area contributed by atoms with Crippen LogP contribution in [0, 0.1) is 10.5 Å². The Labute approximate surface area is 151 Å². The molecule has 0 unspecified atom stereocenters. The van der Waals surface area contributed by atoms with Gasteiger partial charge < -0.3 is 0 Å². The van der Waals surface area contributed by atoms with E-state index in [1.165, 1.54) is 11.2 Å². The van der Waals surface area contributed by atoms with Crippen molar-refractivity contribution < 1.29 is 16.8 Å². The number of allylic oxidation sites excluding steroid dienone is 1. The minimum atomic E-state index is -2.99. The second-order valence-corrected chi connectivity index (χ2v) is 9.18. The summed E-state index contributed by atoms with van der Waals surface area (Å²) in [7, 11) is 1.40. The van der Waals surface area contributed by atoms with Crippen LogP contribution in [0.1, 0.15) is 56.9 Å². The Kier molecular flexibility index (Phi) is 10.9. The van der Waals surface area contributed by atoms with Gasteiger partial charge in [0.1, 0.15) is 0 Å². The maximum absolute atomic E-state index is 14.1. The van der Waals surface area contributed by atoms with Gasteiger partial charge in [0.2, 0.25) is 0 Å². The SMILES string of the molecule is COC(=O)CCCCCCCC/C(F)=C\I(F)c1ccc(C)cc1. The van der Waals surface area contributed by atoms with E-state index in [-0.39, 0.29) is 11.8 Å². The third kappa shape index (κ3) is 9.35. The van der Waals surface area contributed by atoms with Gasteiger partial charge >= 0.3 is 145 Å². The average Bonchev–Trinajstić information content (AvgIpc) is 2.57. The van der Waals surface area contributed by atoms with Gasteiger partial charge in [0.05, 0.1) is 7.11 Å². The number of aryl methyl sites for hydroxylation is 1. The van der Waals surface area contributed by atoms with Gasteiger partial charge in [-0.25, -0.2) is 0 Å². The van der Waals surface area contributed by atoms with Gasteiger partial charge in [-0.1, -0.05) is 0 Å². The van der Waals surface area contributed by atoms with Crippen LogP contribution in [0.2, 0.25) is 0 Å². The number of methoxy groups -OCH3 is 1. The number of carbonyl (C=O) groups is 1. The van der Waals surface area contributed by atoms with Gasteiger partial charge in [-0.3, -0.25) is 0 Å². The Morgan fingerprint density at radius 3 is 2.17 bits per heavy atom. The summed E-state index contributed by atoms with van der Waals surface area (Å²) in [5, 5.41) is 0. The predicted molar refractivity (Wildman–Crippen MR) is 103 cm³/mol. The van der Waals surface area contributed by atoms with Gasteiger partial charge in [-0.15, -0.1) is 0 Å². The summed E-state index contributed by atoms with van der Waals surface area (Å²) < 4.78 is 34.4. The quantitative estimate of drug-likeness (QED) is 0.213. The molecule has 0 aliphatic carbocycles. The first-order valence-corrected chi connectivity index (χ1v) is 11.5. The van der Waals surface area contributed by atoms with E-state index in [2.05, 4.69) is 4.74 Å². The standard InChI is InChI=1S/C19H27F2IO2/c1-16-11-13-18(14-12-16)22(21)15-17(20)9-7-5-3-4-6-8-10-19(23)24-2/h11-15H,3-10H2,1-2H3/b17-15+. The van der Waals surface area contributed by atoms with E-state index in [0.29, 0.717) is 16.4 Å². The van der Waals surface area contributed by atoms with Crippen molar-refractivity contribution in [2.75, 3.05) is 7.11 Å². The molecule has 0 atom stereocenters. The van der Waals surface area contributed by atoms with E-state index in [1.807, 2.05) is 19.1 Å². The summed E-state index contributed by atoms with van der Waals surface area (Å²) in [6, 6.07) is 7.26. The van der Waals surface area contributed by atoms with Crippen LogP contribution in [0.3, 0.4) is 0 Å². The van der Waals surface area contributed by atoms with Crippen molar-refractivity contribution in [1.82, 2.24) is 0 Å². The molecule has 0 spiro atoms. The monoisotopic (exact) mass is 452 g/mol. The van der Waals surface area contributed by atoms with Crippen LogP contribution < -0.4 is 0 Å². The van der Waals surface area contributed by atoms with Crippen LogP contribution in [0.4, 0.5) is 7.25 Å². The van der Waals surface area contributed by atoms with Gasteiger partial charge in [-0.05, 0) is 0 Å². The molecule has 1 aromatic rings. The predicted octanol–water partition coefficient (Wildman–Crippen LogP) is 6.66. The van der Waals surface area contributed by atoms with Crippen molar-refractivity contribution >= 4 is 26.4 Å². The second kappa shape index (κ2) is 12.4. The Bertz CT molecular complexity index is 515. The summed E-state index contributed by atoms with van der Waals surface area (Å²) in [6.45, 7) is 1.95. The van der Waals surface area contributed by atoms with Gasteiger partial charge in [0.15, 0.2) is 0 Å². The van der Waals surface area contributed by atoms with Crippen LogP contribution >= 0.6 is 20.4 Å². The molecule has 1 rings (SSSR count). The molecule has 136 valence electrons. The van der Waals surface area contributed by atoms with Gasteiger partial charge in [0, 0.05) is 0 Å². The zero-order chi connectivity index (χ0) is 17.8. The molecular formula is C19H27F2IO2. The molecule has 0 N–H and O–H groups in total. The molecule has 0 radical (unpaired) electrons. The fraction of sp³-hybridized carbons (Fsp3) is 0.526. The molecule has 0 heterocycles. The van der Waals surface area contributed by atoms with E-state index >= 15 is 0 Å². The summed E-state index contributed by atoms with van der Waals surface area (Å²) in [6.07, 6.45) is 6.36. The van der Waals surface area contributed by atoms with Crippen molar-refractivity contribution in [2.24, 2.45) is 0 Å². The molecule has 0 saturated heterocycles. The fourth-order valence-corrected chi connectivity index (χ4v) is 4.56. The Hall–Kier alpha value is -0.980. The molecule has 0 aromatic heterocycles. The second-order valence-electron chi connectivity index (χ2n) is 5.81. The number of benzene rings is 1. The number of ether oxygens (including phenoxy) is 1. The van der Waals surface area contributed by atoms with E-state index in [1.54, 1.807) is 12.1 Å². The van der Waals surface area contributed by atoms with Crippen LogP contribution in [-0.2, 0) is 9.53 Å². The molecule has 1 aromatic carbocycles. The van der Waals surface area contributed by atoms with Gasteiger partial charge in [-0.2, -0.15) is 0 Å². The zero-order valence-electron chi connectivity index (χ0n) is 14.5. The fourth-order valence-electron chi connectivity index (χ4n) is 2.25. The first-order chi connectivity index (χ1) is 11.5. The first kappa shape index (κ1) is 21.1. The molecule has 24 heavy (non-hydrogen) atoms. The van der Waals surface area contributed by atoms with Crippen molar-refractivity contribution in [3.8, 4) is 0 Å². The van der Waals surface area contributed by atoms with Crippen LogP contribution in [0.15, 0.2) is 34.2 Å². The molecule has 0 bridgehead atoms. The molecule has 2 nitrogen and oxygen atoms in total. The Morgan fingerprint density at radius 1 is 1.04 bits per heavy atom. The van der Waals surface area contributed by atoms with E-state index in [0.717, 1.165) is 44.1 Å². The first-order valence-electron chi connectivity index (χ1n) is 8.37. The number of hydrogen-bond acceptors (Lipinski definition) is 2. The number of unbranched alkanes of at least 4 members (excludes halogenated alkanes) is 5. The number of halogens is 3. The number of rotatable bonds is 11. The number of hydrogen-bond donors (Lipinski definition) is 0. The van der Waals surface area contributed by atoms with Crippen LogP contribution in [-0.4, -0.2) is 13.1 Å². The maximum atomic E-state index is 14.1. The molecule has 0 amide bonds. The summed E-state index contributed by atoms with van der Waals surface area (Å²) >= 11 is -2.99. The van der Waals surface area contributed by atoms with Gasteiger partial charge in [0.25, 0.3) is 0 Å². The number of esters is 1. The summed E-state index contributed by atoms with van der Waals surface area (Å²) in [4.78, 5) is 10.9. The third-order valence-electron chi connectivity index (χ3n) is 3.71. The normalized spacial score (nSPS) is 12.2. The number of carbonyl (C=O) groups excluding carboxylic acids is 1. The zero-order valence-corrected chi connectivity index (χ0v) is 16.7. The Morgan fingerprint density at radius 2 is 1.58 bits per heavy atom. The molecule has 0 saturated carbocycles. The Balaban J connectivity index is 2.13. The van der Waals surface area contributed by atoms with E-state index in [9.17, 15) is 12.0 Å². The molecule has 0 aliphatic rings. The molecular weight excluding hydrogens is 425 g/mol.